The number of nitrogens with one attached hydrogen (secondary N) is 1. The Morgan fingerprint density at radius 2 is 1.95 bits per heavy atom. The summed E-state index contributed by atoms with van der Waals surface area (Å²) in [6.45, 7) is 1.23. The Bertz CT molecular complexity index is 526. The predicted molar refractivity (Wildman–Crippen MR) is 66.0 cm³/mol. The van der Waals surface area contributed by atoms with Gasteiger partial charge in [-0.25, -0.2) is 0 Å². The van der Waals surface area contributed by atoms with Crippen LogP contribution in [0.5, 0.6) is 5.75 Å². The van der Waals surface area contributed by atoms with Crippen LogP contribution in [0.15, 0.2) is 18.2 Å². The smallest absolute Gasteiger partial charge is 0.0152 e. The molecule has 0 fully saturated rings. The molecule has 1 amide bonds. The summed E-state index contributed by atoms with van der Waals surface area (Å²) in [6, 6.07) is 3.32. The summed E-state index contributed by atoms with van der Waals surface area (Å²) in [7, 11) is 0. The Hall–Kier alpha value is -1.16. The molecule has 0 aliphatic carbocycles. The molecule has 11 heteroatoms. The van der Waals surface area contributed by atoms with Crippen LogP contribution in [0, 0.1) is 0 Å². The van der Waals surface area contributed by atoms with Gasteiger partial charge in [-0.3, -0.25) is 9.35 Å². The van der Waals surface area contributed by atoms with Gasteiger partial charge in [-0.05, 0) is 0 Å². The Labute approximate surface area is 113 Å². The molecule has 1 atom stereocenters. The maximum Gasteiger partial charge on any atom is 0.0152 e. The average molecular weight is 355 g/mol. The van der Waals surface area contributed by atoms with Crippen molar-refractivity contribution in [1.82, 2.24) is 0 Å². The molecule has 1 unspecified atom stereocenters. The Balaban J connectivity index is 0.000000711. The number of phenolic OH excluding ortho intramolecular Hbond substituents is 1. The molecule has 0 bridgehead atoms. The third-order valence-electron chi connectivity index (χ3n) is 1.63. The normalized spacial score (nSPS) is 12.1. The summed E-state index contributed by atoms with van der Waals surface area (Å²) in [5.74, 6) is -0.668. The molecule has 0 aliphatic rings. The molecule has 1 aromatic rings. The predicted octanol–water partition coefficient (Wildman–Crippen LogP) is -2.35. The second kappa shape index (κ2) is 7.43. The second-order valence-electron chi connectivity index (χ2n) is 3.19. The van der Waals surface area contributed by atoms with Gasteiger partial charge in [-0.2, -0.15) is 0 Å². The van der Waals surface area contributed by atoms with Crippen molar-refractivity contribution in [2.24, 2.45) is 5.14 Å². The first-order valence-corrected chi connectivity index (χ1v) is 9.06. The summed E-state index contributed by atoms with van der Waals surface area (Å²) >= 11 is -7.35. The summed E-state index contributed by atoms with van der Waals surface area (Å²) in [4.78, 5) is 10.7. The number of phenols is 1. The van der Waals surface area contributed by atoms with Crippen molar-refractivity contribution in [1.29, 1.82) is 0 Å². The average Bonchev–Trinajstić information content (AvgIpc) is 2.18. The van der Waals surface area contributed by atoms with E-state index < -0.39 is 31.3 Å². The van der Waals surface area contributed by atoms with E-state index in [2.05, 4.69) is 10.5 Å². The first-order valence-electron chi connectivity index (χ1n) is 4.54. The van der Waals surface area contributed by atoms with Crippen LogP contribution in [0.4, 0.5) is 5.69 Å². The van der Waals surface area contributed by atoms with Crippen molar-refractivity contribution in [2.75, 3.05) is 5.32 Å². The number of carbonyl (C=O) groups excluding carboxylic acids is 1. The van der Waals surface area contributed by atoms with Gasteiger partial charge < -0.3 is 4.55 Å². The second-order valence-corrected chi connectivity index (χ2v) is 7.07. The van der Waals surface area contributed by atoms with E-state index in [1.54, 1.807) is 0 Å². The standard InChI is InChI=1S/C8H10AsNO5.H3NO2S/c1-5(11)10-7-4-6(9(13,14)15)2-3-8(7)12;1-4(2)3/h2-4,12H,1H3,(H,10,11)(H2,13,14,15);1H2,(H,2,3)/p-1. The first-order chi connectivity index (χ1) is 8.54. The zero-order valence-electron chi connectivity index (χ0n) is 9.64. The SMILES string of the molecule is CC(=O)Nc1cc([As](=O)(O)O)ccc1O.NS(=O)[O-]. The number of nitrogens with two attached hydrogens (primary N) is 1. The minimum Gasteiger partial charge on any atom is -0.760 e. The molecule has 0 heterocycles. The van der Waals surface area contributed by atoms with Crippen molar-refractivity contribution >= 4 is 41.4 Å². The van der Waals surface area contributed by atoms with Gasteiger partial charge in [0.2, 0.25) is 0 Å². The van der Waals surface area contributed by atoms with Gasteiger partial charge in [-0.1, -0.05) is 0 Å². The van der Waals surface area contributed by atoms with Crippen molar-refractivity contribution < 1.29 is 30.6 Å². The molecular formula is C8H12AsN2O7S-. The maximum absolute atomic E-state index is 10.9. The van der Waals surface area contributed by atoms with E-state index in [0.717, 1.165) is 18.2 Å². The fourth-order valence-electron chi connectivity index (χ4n) is 0.995. The molecule has 1 aromatic carbocycles. The van der Waals surface area contributed by atoms with E-state index in [1.807, 2.05) is 0 Å². The minimum atomic E-state index is -4.98. The van der Waals surface area contributed by atoms with Crippen molar-refractivity contribution in [3.63, 3.8) is 0 Å². The van der Waals surface area contributed by atoms with E-state index in [9.17, 15) is 13.6 Å². The van der Waals surface area contributed by atoms with Gasteiger partial charge in [0.25, 0.3) is 0 Å². The topological polar surface area (TPSA) is 173 Å². The Morgan fingerprint density at radius 3 is 2.32 bits per heavy atom. The van der Waals surface area contributed by atoms with Crippen LogP contribution < -0.4 is 14.8 Å². The van der Waals surface area contributed by atoms with Gasteiger partial charge in [0, 0.05) is 11.3 Å². The quantitative estimate of drug-likeness (QED) is 0.224. The number of hydrogen-bond donors (Lipinski definition) is 5. The van der Waals surface area contributed by atoms with Crippen LogP contribution in [0.25, 0.3) is 0 Å². The zero-order chi connectivity index (χ0) is 15.2. The van der Waals surface area contributed by atoms with E-state index >= 15 is 0 Å². The minimum absolute atomic E-state index is 0.00951. The monoisotopic (exact) mass is 355 g/mol. The number of aromatic hydroxyl groups is 1. The summed E-state index contributed by atoms with van der Waals surface area (Å²) in [5, 5.41) is 15.6. The Morgan fingerprint density at radius 1 is 1.47 bits per heavy atom. The number of anilines is 1. The summed E-state index contributed by atoms with van der Waals surface area (Å²) < 4.78 is 46.1. The number of benzene rings is 1. The molecular weight excluding hydrogens is 343 g/mol. The van der Waals surface area contributed by atoms with E-state index in [4.69, 9.17) is 17.0 Å². The molecule has 0 saturated carbocycles. The van der Waals surface area contributed by atoms with Crippen molar-refractivity contribution in [3.05, 3.63) is 18.2 Å². The van der Waals surface area contributed by atoms with Crippen molar-refractivity contribution in [2.45, 2.75) is 6.92 Å². The number of hydrogen-bond acceptors (Lipinski definition) is 5. The number of rotatable bonds is 2. The van der Waals surface area contributed by atoms with Gasteiger partial charge >= 0.3 is 88.1 Å². The molecule has 0 radical (unpaired) electrons. The Kier molecular flexibility index (Phi) is 6.98. The van der Waals surface area contributed by atoms with Gasteiger partial charge in [0.05, 0.1) is 0 Å². The number of carbonyl (C=O) groups is 1. The molecule has 1 rings (SSSR count). The van der Waals surface area contributed by atoms with Gasteiger partial charge in [0.1, 0.15) is 0 Å². The fraction of sp³-hybridized carbons (Fsp3) is 0.125. The molecule has 0 saturated heterocycles. The molecule has 0 aromatic heterocycles. The molecule has 19 heavy (non-hydrogen) atoms. The molecule has 0 aliphatic heterocycles. The van der Waals surface area contributed by atoms with Crippen LogP contribution >= 0.6 is 0 Å². The van der Waals surface area contributed by atoms with Gasteiger partial charge in [-0.15, -0.1) is 0 Å². The van der Waals surface area contributed by atoms with Crippen LogP contribution in [0.2, 0.25) is 0 Å². The van der Waals surface area contributed by atoms with Gasteiger partial charge in [0.15, 0.2) is 0 Å². The molecule has 6 N–H and O–H groups in total. The van der Waals surface area contributed by atoms with E-state index in [-0.39, 0.29) is 15.8 Å². The summed E-state index contributed by atoms with van der Waals surface area (Å²) in [5.41, 5.74) is -0.00951. The maximum atomic E-state index is 10.9. The van der Waals surface area contributed by atoms with Crippen LogP contribution in [0.3, 0.4) is 0 Å². The fourth-order valence-corrected chi connectivity index (χ4v) is 2.18. The van der Waals surface area contributed by atoms with Crippen molar-refractivity contribution in [3.8, 4) is 5.75 Å². The molecule has 0 spiro atoms. The van der Waals surface area contributed by atoms with Crippen LogP contribution in [-0.4, -0.2) is 42.1 Å². The number of amides is 1. The van der Waals surface area contributed by atoms with E-state index in [1.165, 1.54) is 6.92 Å². The molecule has 9 nitrogen and oxygen atoms in total. The van der Waals surface area contributed by atoms with Crippen LogP contribution in [0.1, 0.15) is 6.92 Å². The molecule has 108 valence electrons. The van der Waals surface area contributed by atoms with E-state index in [0.29, 0.717) is 0 Å². The first kappa shape index (κ1) is 17.8. The third kappa shape index (κ3) is 7.77. The van der Waals surface area contributed by atoms with Crippen LogP contribution in [-0.2, 0) is 19.8 Å². The zero-order valence-corrected chi connectivity index (χ0v) is 12.3. The summed E-state index contributed by atoms with van der Waals surface area (Å²) in [6.07, 6.45) is 0. The largest absolute Gasteiger partial charge is 0.760 e. The third-order valence-corrected chi connectivity index (χ3v) is 3.62.